The lowest BCUT2D eigenvalue weighted by Crippen LogP contribution is -2.21. The Morgan fingerprint density at radius 3 is 3.20 bits per heavy atom. The summed E-state index contributed by atoms with van der Waals surface area (Å²) >= 11 is 0. The van der Waals surface area contributed by atoms with Crippen molar-refractivity contribution in [2.45, 2.75) is 45.6 Å². The van der Waals surface area contributed by atoms with E-state index in [9.17, 15) is 0 Å². The van der Waals surface area contributed by atoms with Gasteiger partial charge in [-0.05, 0) is 43.4 Å². The lowest BCUT2D eigenvalue weighted by molar-refractivity contribution is 0.267. The summed E-state index contributed by atoms with van der Waals surface area (Å²) in [4.78, 5) is 0. The number of fused-ring (bicyclic) bond motifs is 1. The van der Waals surface area contributed by atoms with E-state index in [2.05, 4.69) is 29.5 Å². The second-order valence-electron chi connectivity index (χ2n) is 6.30. The highest BCUT2D eigenvalue weighted by Crippen LogP contribution is 2.30. The van der Waals surface area contributed by atoms with Crippen molar-refractivity contribution in [1.29, 1.82) is 0 Å². The standard InChI is InChI=1S/C17H25N3/c1-14-5-4-6-15(11-14)8-9-18-12-16-13-19-20-10-3-2-7-17(16)20/h2-3,7,10,13-15,18H,4-6,8-9,11-12H2,1H3. The van der Waals surface area contributed by atoms with Crippen LogP contribution < -0.4 is 5.32 Å². The van der Waals surface area contributed by atoms with Gasteiger partial charge in [-0.3, -0.25) is 0 Å². The molecule has 2 heterocycles. The van der Waals surface area contributed by atoms with Crippen molar-refractivity contribution in [3.05, 3.63) is 36.2 Å². The van der Waals surface area contributed by atoms with Crippen LogP contribution in [-0.4, -0.2) is 16.2 Å². The summed E-state index contributed by atoms with van der Waals surface area (Å²) < 4.78 is 1.94. The van der Waals surface area contributed by atoms with Gasteiger partial charge in [0.2, 0.25) is 0 Å². The van der Waals surface area contributed by atoms with Crippen molar-refractivity contribution in [2.24, 2.45) is 11.8 Å². The van der Waals surface area contributed by atoms with Gasteiger partial charge in [-0.25, -0.2) is 4.52 Å². The zero-order chi connectivity index (χ0) is 13.8. The normalized spacial score (nSPS) is 23.2. The number of nitrogens with one attached hydrogen (secondary N) is 1. The van der Waals surface area contributed by atoms with E-state index < -0.39 is 0 Å². The van der Waals surface area contributed by atoms with Crippen LogP contribution in [0.2, 0.25) is 0 Å². The molecule has 2 aromatic rings. The van der Waals surface area contributed by atoms with Crippen molar-refractivity contribution >= 4 is 5.52 Å². The molecule has 1 fully saturated rings. The average Bonchev–Trinajstić information content (AvgIpc) is 2.87. The average molecular weight is 271 g/mol. The highest BCUT2D eigenvalue weighted by Gasteiger charge is 2.18. The molecule has 0 aromatic carbocycles. The molecule has 3 heteroatoms. The van der Waals surface area contributed by atoms with Crippen molar-refractivity contribution in [3.8, 4) is 0 Å². The van der Waals surface area contributed by atoms with Crippen LogP contribution >= 0.6 is 0 Å². The molecule has 2 atom stereocenters. The smallest absolute Gasteiger partial charge is 0.0706 e. The third-order valence-corrected chi connectivity index (χ3v) is 4.60. The molecule has 3 rings (SSSR count). The van der Waals surface area contributed by atoms with E-state index in [1.807, 2.05) is 23.0 Å². The van der Waals surface area contributed by atoms with E-state index in [4.69, 9.17) is 0 Å². The number of hydrogen-bond acceptors (Lipinski definition) is 2. The summed E-state index contributed by atoms with van der Waals surface area (Å²) in [5.41, 5.74) is 2.51. The first-order valence-electron chi connectivity index (χ1n) is 7.95. The van der Waals surface area contributed by atoms with Crippen LogP contribution in [0.15, 0.2) is 30.6 Å². The molecule has 0 bridgehead atoms. The molecule has 0 saturated heterocycles. The third kappa shape index (κ3) is 3.21. The van der Waals surface area contributed by atoms with Gasteiger partial charge in [-0.2, -0.15) is 5.10 Å². The predicted octanol–water partition coefficient (Wildman–Crippen LogP) is 3.64. The molecule has 1 N–H and O–H groups in total. The van der Waals surface area contributed by atoms with E-state index in [1.165, 1.54) is 43.2 Å². The van der Waals surface area contributed by atoms with Gasteiger partial charge in [0.15, 0.2) is 0 Å². The van der Waals surface area contributed by atoms with Crippen LogP contribution in [0.1, 0.15) is 44.6 Å². The van der Waals surface area contributed by atoms with E-state index in [1.54, 1.807) is 0 Å². The minimum Gasteiger partial charge on any atom is -0.313 e. The third-order valence-electron chi connectivity index (χ3n) is 4.60. The van der Waals surface area contributed by atoms with Gasteiger partial charge in [0, 0.05) is 18.3 Å². The summed E-state index contributed by atoms with van der Waals surface area (Å²) in [6.07, 6.45) is 11.0. The fourth-order valence-corrected chi connectivity index (χ4v) is 3.47. The number of hydrogen-bond donors (Lipinski definition) is 1. The fourth-order valence-electron chi connectivity index (χ4n) is 3.47. The maximum atomic E-state index is 4.37. The Kier molecular flexibility index (Phi) is 4.36. The minimum absolute atomic E-state index is 0.926. The first-order valence-corrected chi connectivity index (χ1v) is 7.95. The van der Waals surface area contributed by atoms with E-state index >= 15 is 0 Å². The summed E-state index contributed by atoms with van der Waals surface area (Å²) in [6, 6.07) is 6.22. The number of rotatable bonds is 5. The molecule has 0 radical (unpaired) electrons. The maximum Gasteiger partial charge on any atom is 0.0706 e. The number of nitrogens with zero attached hydrogens (tertiary/aromatic N) is 2. The molecular formula is C17H25N3. The second kappa shape index (κ2) is 6.40. The molecule has 2 aromatic heterocycles. The minimum atomic E-state index is 0.926. The predicted molar refractivity (Wildman–Crippen MR) is 82.6 cm³/mol. The van der Waals surface area contributed by atoms with Crippen LogP contribution in [0.4, 0.5) is 0 Å². The van der Waals surface area contributed by atoms with Crippen LogP contribution in [0.3, 0.4) is 0 Å². The molecule has 0 amide bonds. The van der Waals surface area contributed by atoms with Gasteiger partial charge >= 0.3 is 0 Å². The molecule has 2 unspecified atom stereocenters. The zero-order valence-electron chi connectivity index (χ0n) is 12.4. The lowest BCUT2D eigenvalue weighted by Gasteiger charge is -2.26. The number of pyridine rings is 1. The molecule has 3 nitrogen and oxygen atoms in total. The van der Waals surface area contributed by atoms with Crippen molar-refractivity contribution in [1.82, 2.24) is 14.9 Å². The van der Waals surface area contributed by atoms with E-state index in [-0.39, 0.29) is 0 Å². The Hall–Kier alpha value is -1.35. The Morgan fingerprint density at radius 1 is 1.35 bits per heavy atom. The van der Waals surface area contributed by atoms with Crippen molar-refractivity contribution in [3.63, 3.8) is 0 Å². The van der Waals surface area contributed by atoms with E-state index in [0.29, 0.717) is 0 Å². The van der Waals surface area contributed by atoms with Gasteiger partial charge in [0.25, 0.3) is 0 Å². The van der Waals surface area contributed by atoms with Gasteiger partial charge in [0.1, 0.15) is 0 Å². The van der Waals surface area contributed by atoms with E-state index in [0.717, 1.165) is 24.9 Å². The van der Waals surface area contributed by atoms with Crippen LogP contribution in [-0.2, 0) is 6.54 Å². The highest BCUT2D eigenvalue weighted by molar-refractivity contribution is 5.53. The van der Waals surface area contributed by atoms with Crippen LogP contribution in [0.25, 0.3) is 5.52 Å². The Morgan fingerprint density at radius 2 is 2.30 bits per heavy atom. The van der Waals surface area contributed by atoms with Crippen molar-refractivity contribution in [2.75, 3.05) is 6.54 Å². The highest BCUT2D eigenvalue weighted by atomic mass is 15.2. The first-order chi connectivity index (χ1) is 9.83. The van der Waals surface area contributed by atoms with Crippen LogP contribution in [0, 0.1) is 11.8 Å². The van der Waals surface area contributed by atoms with Crippen LogP contribution in [0.5, 0.6) is 0 Å². The summed E-state index contributed by atoms with van der Waals surface area (Å²) in [5, 5.41) is 7.96. The van der Waals surface area contributed by atoms with Gasteiger partial charge in [-0.15, -0.1) is 0 Å². The quantitative estimate of drug-likeness (QED) is 0.841. The monoisotopic (exact) mass is 271 g/mol. The Labute approximate surface area is 121 Å². The summed E-state index contributed by atoms with van der Waals surface area (Å²) in [7, 11) is 0. The zero-order valence-corrected chi connectivity index (χ0v) is 12.4. The topological polar surface area (TPSA) is 29.3 Å². The molecule has 1 aliphatic rings. The molecule has 1 aliphatic carbocycles. The van der Waals surface area contributed by atoms with Gasteiger partial charge < -0.3 is 5.32 Å². The van der Waals surface area contributed by atoms with Gasteiger partial charge in [0.05, 0.1) is 11.7 Å². The summed E-state index contributed by atoms with van der Waals surface area (Å²) in [5.74, 6) is 1.88. The largest absolute Gasteiger partial charge is 0.313 e. The maximum absolute atomic E-state index is 4.37. The Bertz CT molecular complexity index is 546. The molecule has 1 saturated carbocycles. The van der Waals surface area contributed by atoms with Gasteiger partial charge in [-0.1, -0.05) is 32.3 Å². The SMILES string of the molecule is CC1CCCC(CCNCc2cnn3ccccc23)C1. The fraction of sp³-hybridized carbons (Fsp3) is 0.588. The summed E-state index contributed by atoms with van der Waals surface area (Å²) in [6.45, 7) is 4.45. The molecule has 0 aliphatic heterocycles. The lowest BCUT2D eigenvalue weighted by atomic mass is 9.81. The molecule has 20 heavy (non-hydrogen) atoms. The number of aromatic nitrogens is 2. The molecular weight excluding hydrogens is 246 g/mol. The second-order valence-corrected chi connectivity index (χ2v) is 6.30. The molecule has 108 valence electrons. The molecule has 0 spiro atoms. The Balaban J connectivity index is 1.46. The first kappa shape index (κ1) is 13.6. The van der Waals surface area contributed by atoms with Crippen molar-refractivity contribution < 1.29 is 0 Å².